The third-order valence-electron chi connectivity index (χ3n) is 1.18. The van der Waals surface area contributed by atoms with Gasteiger partial charge in [-0.25, -0.2) is 0 Å². The lowest BCUT2D eigenvalue weighted by Gasteiger charge is -2.04. The topological polar surface area (TPSA) is 40.5 Å². The van der Waals surface area contributed by atoms with Crippen LogP contribution in [0.2, 0.25) is 6.32 Å². The Morgan fingerprint density at radius 2 is 2.11 bits per heavy atom. The molecule has 1 unspecified atom stereocenters. The Kier molecular flexibility index (Phi) is 5.25. The quantitative estimate of drug-likeness (QED) is 0.458. The highest BCUT2D eigenvalue weighted by atomic mass is 35.5. The van der Waals surface area contributed by atoms with Crippen molar-refractivity contribution in [2.24, 2.45) is 5.92 Å². The first-order valence-electron chi connectivity index (χ1n) is 3.09. The van der Waals surface area contributed by atoms with Gasteiger partial charge in [-0.3, -0.25) is 0 Å². The van der Waals surface area contributed by atoms with Crippen molar-refractivity contribution in [2.75, 3.05) is 5.88 Å². The molecule has 54 valence electrons. The van der Waals surface area contributed by atoms with Crippen LogP contribution in [0.5, 0.6) is 0 Å². The zero-order chi connectivity index (χ0) is 7.28. The summed E-state index contributed by atoms with van der Waals surface area (Å²) in [5, 5.41) is 16.8. The summed E-state index contributed by atoms with van der Waals surface area (Å²) >= 11 is 5.47. The molecule has 0 bridgehead atoms. The van der Waals surface area contributed by atoms with Crippen molar-refractivity contribution < 1.29 is 10.0 Å². The minimum atomic E-state index is -1.17. The molecule has 0 saturated carbocycles. The van der Waals surface area contributed by atoms with Gasteiger partial charge in [0.25, 0.3) is 0 Å². The van der Waals surface area contributed by atoms with E-state index in [9.17, 15) is 0 Å². The number of hydrogen-bond donors (Lipinski definition) is 2. The van der Waals surface area contributed by atoms with Crippen LogP contribution in [-0.2, 0) is 0 Å². The van der Waals surface area contributed by atoms with Crippen molar-refractivity contribution in [1.82, 2.24) is 0 Å². The Morgan fingerprint density at radius 1 is 1.56 bits per heavy atom. The van der Waals surface area contributed by atoms with Gasteiger partial charge >= 0.3 is 7.12 Å². The average molecular weight is 150 g/mol. The van der Waals surface area contributed by atoms with E-state index in [1.165, 1.54) is 0 Å². The minimum absolute atomic E-state index is 0.383. The van der Waals surface area contributed by atoms with Crippen LogP contribution >= 0.6 is 11.6 Å². The van der Waals surface area contributed by atoms with Crippen LogP contribution in [0.25, 0.3) is 0 Å². The van der Waals surface area contributed by atoms with E-state index in [2.05, 4.69) is 0 Å². The summed E-state index contributed by atoms with van der Waals surface area (Å²) in [4.78, 5) is 0. The molecule has 0 aliphatic carbocycles. The highest BCUT2D eigenvalue weighted by Gasteiger charge is 2.08. The maximum absolute atomic E-state index is 8.41. The Bertz CT molecular complexity index is 70.0. The molecular weight excluding hydrogens is 138 g/mol. The molecule has 0 amide bonds. The predicted octanol–water partition coefficient (Wildman–Crippen LogP) is 0.724. The number of alkyl halides is 1. The second-order valence-corrected chi connectivity index (χ2v) is 2.63. The molecule has 4 heteroatoms. The van der Waals surface area contributed by atoms with E-state index >= 15 is 0 Å². The summed E-state index contributed by atoms with van der Waals surface area (Å²) < 4.78 is 0. The smallest absolute Gasteiger partial charge is 0.427 e. The van der Waals surface area contributed by atoms with E-state index in [0.717, 1.165) is 6.42 Å². The average Bonchev–Trinajstić information content (AvgIpc) is 1.83. The van der Waals surface area contributed by atoms with E-state index in [1.807, 2.05) is 6.92 Å². The fraction of sp³-hybridized carbons (Fsp3) is 1.00. The Hall–Kier alpha value is 0.275. The molecule has 0 spiro atoms. The highest BCUT2D eigenvalue weighted by molar-refractivity contribution is 6.40. The summed E-state index contributed by atoms with van der Waals surface area (Å²) in [6.45, 7) is 1.98. The first-order valence-corrected chi connectivity index (χ1v) is 3.62. The molecule has 1 atom stereocenters. The van der Waals surface area contributed by atoms with Gasteiger partial charge in [-0.1, -0.05) is 13.3 Å². The Labute approximate surface area is 61.0 Å². The van der Waals surface area contributed by atoms with Crippen LogP contribution in [0.4, 0.5) is 0 Å². The number of hydrogen-bond acceptors (Lipinski definition) is 2. The molecule has 0 aromatic heterocycles. The summed E-state index contributed by atoms with van der Waals surface area (Å²) in [7, 11) is -1.17. The fourth-order valence-corrected chi connectivity index (χ4v) is 0.665. The minimum Gasteiger partial charge on any atom is -0.427 e. The molecule has 0 radical (unpaired) electrons. The standard InChI is InChI=1S/C5H12BClO2/c1-5(4-7)2-3-6(8)9/h5,8-9H,2-4H2,1H3. The molecule has 9 heavy (non-hydrogen) atoms. The molecule has 0 aliphatic heterocycles. The van der Waals surface area contributed by atoms with E-state index in [4.69, 9.17) is 21.6 Å². The molecule has 2 nitrogen and oxygen atoms in total. The summed E-state index contributed by atoms with van der Waals surface area (Å²) in [5.41, 5.74) is 0. The zero-order valence-electron chi connectivity index (χ0n) is 5.55. The highest BCUT2D eigenvalue weighted by Crippen LogP contribution is 2.07. The lowest BCUT2D eigenvalue weighted by Crippen LogP contribution is -2.12. The predicted molar refractivity (Wildman–Crippen MR) is 39.5 cm³/mol. The van der Waals surface area contributed by atoms with Gasteiger partial charge in [0.15, 0.2) is 0 Å². The van der Waals surface area contributed by atoms with Crippen molar-refractivity contribution in [3.05, 3.63) is 0 Å². The fourth-order valence-electron chi connectivity index (χ4n) is 0.511. The van der Waals surface area contributed by atoms with Gasteiger partial charge in [-0.2, -0.15) is 0 Å². The van der Waals surface area contributed by atoms with Gasteiger partial charge in [-0.05, 0) is 12.2 Å². The van der Waals surface area contributed by atoms with E-state index < -0.39 is 7.12 Å². The second kappa shape index (κ2) is 5.09. The van der Waals surface area contributed by atoms with Gasteiger partial charge in [0.2, 0.25) is 0 Å². The zero-order valence-corrected chi connectivity index (χ0v) is 6.30. The van der Waals surface area contributed by atoms with Crippen LogP contribution in [0.1, 0.15) is 13.3 Å². The second-order valence-electron chi connectivity index (χ2n) is 2.32. The molecule has 0 aliphatic rings. The van der Waals surface area contributed by atoms with E-state index in [1.54, 1.807) is 0 Å². The molecule has 0 fully saturated rings. The third-order valence-corrected chi connectivity index (χ3v) is 1.71. The molecule has 2 N–H and O–H groups in total. The van der Waals surface area contributed by atoms with Crippen LogP contribution in [0, 0.1) is 5.92 Å². The van der Waals surface area contributed by atoms with Crippen LogP contribution in [0.15, 0.2) is 0 Å². The van der Waals surface area contributed by atoms with Gasteiger partial charge < -0.3 is 10.0 Å². The first-order chi connectivity index (χ1) is 4.16. The van der Waals surface area contributed by atoms with Crippen molar-refractivity contribution >= 4 is 18.7 Å². The largest absolute Gasteiger partial charge is 0.451 e. The normalized spacial score (nSPS) is 13.3. The molecule has 0 rings (SSSR count). The van der Waals surface area contributed by atoms with E-state index in [-0.39, 0.29) is 0 Å². The molecule has 0 aromatic rings. The number of halogens is 1. The first kappa shape index (κ1) is 9.27. The lowest BCUT2D eigenvalue weighted by molar-refractivity contribution is 0.397. The molecule has 0 saturated heterocycles. The maximum atomic E-state index is 8.41. The molecule has 0 heterocycles. The molecular formula is C5H12BClO2. The van der Waals surface area contributed by atoms with Gasteiger partial charge in [0.05, 0.1) is 0 Å². The van der Waals surface area contributed by atoms with Gasteiger partial charge in [-0.15, -0.1) is 11.6 Å². The van der Waals surface area contributed by atoms with Crippen molar-refractivity contribution in [3.63, 3.8) is 0 Å². The van der Waals surface area contributed by atoms with Gasteiger partial charge in [0.1, 0.15) is 0 Å². The Morgan fingerprint density at radius 3 is 2.44 bits per heavy atom. The monoisotopic (exact) mass is 150 g/mol. The van der Waals surface area contributed by atoms with Crippen LogP contribution < -0.4 is 0 Å². The summed E-state index contributed by atoms with van der Waals surface area (Å²) in [5.74, 6) is 0.973. The van der Waals surface area contributed by atoms with Crippen molar-refractivity contribution in [1.29, 1.82) is 0 Å². The lowest BCUT2D eigenvalue weighted by atomic mass is 9.82. The van der Waals surface area contributed by atoms with E-state index in [0.29, 0.717) is 18.1 Å². The van der Waals surface area contributed by atoms with Crippen LogP contribution in [0.3, 0.4) is 0 Å². The molecule has 0 aromatic carbocycles. The summed E-state index contributed by atoms with van der Waals surface area (Å²) in [6.07, 6.45) is 1.20. The van der Waals surface area contributed by atoms with Gasteiger partial charge in [0, 0.05) is 5.88 Å². The van der Waals surface area contributed by atoms with Crippen LogP contribution in [-0.4, -0.2) is 23.0 Å². The summed E-state index contributed by atoms with van der Waals surface area (Å²) in [6, 6.07) is 0. The SMILES string of the molecule is CC(CCl)CCB(O)O. The third kappa shape index (κ3) is 6.16. The number of rotatable bonds is 4. The Balaban J connectivity index is 3.06. The maximum Gasteiger partial charge on any atom is 0.451 e. The van der Waals surface area contributed by atoms with Crippen molar-refractivity contribution in [2.45, 2.75) is 19.7 Å². The van der Waals surface area contributed by atoms with Crippen molar-refractivity contribution in [3.8, 4) is 0 Å².